The first kappa shape index (κ1) is 19.7. The van der Waals surface area contributed by atoms with E-state index in [-0.39, 0.29) is 24.8 Å². The molecule has 9 heteroatoms. The highest BCUT2D eigenvalue weighted by Gasteiger charge is 2.36. The van der Waals surface area contributed by atoms with E-state index < -0.39 is 5.54 Å². The van der Waals surface area contributed by atoms with E-state index in [0.29, 0.717) is 19.0 Å². The second-order valence-electron chi connectivity index (χ2n) is 7.61. The molecule has 1 aliphatic heterocycles. The first-order valence-corrected chi connectivity index (χ1v) is 10.0. The van der Waals surface area contributed by atoms with Crippen molar-refractivity contribution in [1.82, 2.24) is 30.4 Å². The first-order chi connectivity index (χ1) is 13.1. The number of aromatic nitrogens is 4. The number of likely N-dealkylation sites (tertiary alicyclic amines) is 1. The molecule has 0 unspecified atom stereocenters. The fourth-order valence-electron chi connectivity index (χ4n) is 4.13. The van der Waals surface area contributed by atoms with Crippen LogP contribution in [0, 0.1) is 0 Å². The number of esters is 1. The van der Waals surface area contributed by atoms with Crippen molar-refractivity contribution in [2.75, 3.05) is 19.7 Å². The van der Waals surface area contributed by atoms with Gasteiger partial charge in [-0.3, -0.25) is 14.5 Å². The van der Waals surface area contributed by atoms with Crippen LogP contribution >= 0.6 is 0 Å². The molecule has 2 fully saturated rings. The molecule has 1 aromatic rings. The Kier molecular flexibility index (Phi) is 6.76. The Bertz CT molecular complexity index is 635. The third-order valence-corrected chi connectivity index (χ3v) is 5.47. The molecule has 0 aromatic carbocycles. The Hall–Kier alpha value is -2.03. The van der Waals surface area contributed by atoms with Crippen LogP contribution in [0.2, 0.25) is 0 Å². The normalized spacial score (nSPS) is 19.7. The van der Waals surface area contributed by atoms with Gasteiger partial charge in [0.15, 0.2) is 5.82 Å². The summed E-state index contributed by atoms with van der Waals surface area (Å²) in [4.78, 5) is 27.1. The molecule has 1 aliphatic carbocycles. The molecule has 0 radical (unpaired) electrons. The molecule has 3 rings (SSSR count). The summed E-state index contributed by atoms with van der Waals surface area (Å²) in [5.74, 6) is 0.295. The fraction of sp³-hybridized carbons (Fsp3) is 0.833. The van der Waals surface area contributed by atoms with Gasteiger partial charge in [0.2, 0.25) is 5.91 Å². The minimum atomic E-state index is -0.509. The molecular formula is C18H30N6O3. The van der Waals surface area contributed by atoms with Crippen LogP contribution in [0.4, 0.5) is 0 Å². The van der Waals surface area contributed by atoms with Crippen molar-refractivity contribution in [2.24, 2.45) is 0 Å². The summed E-state index contributed by atoms with van der Waals surface area (Å²) >= 11 is 0. The van der Waals surface area contributed by atoms with Gasteiger partial charge in [-0.05, 0) is 56.1 Å². The van der Waals surface area contributed by atoms with Crippen LogP contribution < -0.4 is 5.32 Å². The highest BCUT2D eigenvalue weighted by atomic mass is 16.5. The molecule has 1 saturated carbocycles. The summed E-state index contributed by atoms with van der Waals surface area (Å²) in [6.07, 6.45) is 7.35. The molecule has 150 valence electrons. The third kappa shape index (κ3) is 5.47. The van der Waals surface area contributed by atoms with Gasteiger partial charge < -0.3 is 10.1 Å². The number of rotatable bonds is 8. The zero-order valence-electron chi connectivity index (χ0n) is 16.2. The summed E-state index contributed by atoms with van der Waals surface area (Å²) in [6, 6.07) is 0. The number of ether oxygens (including phenoxy) is 1. The summed E-state index contributed by atoms with van der Waals surface area (Å²) in [7, 11) is 0. The lowest BCUT2D eigenvalue weighted by molar-refractivity contribution is -0.145. The van der Waals surface area contributed by atoms with E-state index in [9.17, 15) is 9.59 Å². The third-order valence-electron chi connectivity index (χ3n) is 5.47. The number of carbonyl (C=O) groups excluding carboxylic acids is 2. The van der Waals surface area contributed by atoms with Gasteiger partial charge in [-0.2, -0.15) is 0 Å². The van der Waals surface area contributed by atoms with Crippen molar-refractivity contribution in [3.63, 3.8) is 0 Å². The number of hydrogen-bond acceptors (Lipinski definition) is 7. The Morgan fingerprint density at radius 3 is 2.59 bits per heavy atom. The van der Waals surface area contributed by atoms with Gasteiger partial charge in [-0.1, -0.05) is 19.3 Å². The van der Waals surface area contributed by atoms with Crippen molar-refractivity contribution in [2.45, 2.75) is 76.9 Å². The van der Waals surface area contributed by atoms with E-state index in [1.807, 2.05) is 0 Å². The molecular weight excluding hydrogens is 348 g/mol. The van der Waals surface area contributed by atoms with Gasteiger partial charge in [0.1, 0.15) is 6.54 Å². The lowest BCUT2D eigenvalue weighted by Gasteiger charge is -2.37. The topological polar surface area (TPSA) is 102 Å². The predicted molar refractivity (Wildman–Crippen MR) is 97.5 cm³/mol. The van der Waals surface area contributed by atoms with Crippen LogP contribution in [-0.4, -0.2) is 62.2 Å². The van der Waals surface area contributed by atoms with Gasteiger partial charge >= 0.3 is 5.97 Å². The van der Waals surface area contributed by atoms with Crippen LogP contribution in [0.3, 0.4) is 0 Å². The molecule has 1 aromatic heterocycles. The monoisotopic (exact) mass is 378 g/mol. The van der Waals surface area contributed by atoms with Gasteiger partial charge in [0, 0.05) is 0 Å². The van der Waals surface area contributed by atoms with Crippen LogP contribution in [0.25, 0.3) is 0 Å². The number of carbonyl (C=O) groups is 2. The van der Waals surface area contributed by atoms with Crippen molar-refractivity contribution < 1.29 is 14.3 Å². The predicted octanol–water partition coefficient (Wildman–Crippen LogP) is 1.04. The fourth-order valence-corrected chi connectivity index (χ4v) is 4.13. The van der Waals surface area contributed by atoms with Crippen molar-refractivity contribution in [3.8, 4) is 0 Å². The zero-order valence-corrected chi connectivity index (χ0v) is 16.2. The lowest BCUT2D eigenvalue weighted by atomic mass is 9.79. The molecule has 1 saturated heterocycles. The van der Waals surface area contributed by atoms with E-state index in [4.69, 9.17) is 4.74 Å². The van der Waals surface area contributed by atoms with E-state index >= 15 is 0 Å². The second kappa shape index (κ2) is 9.25. The number of nitrogens with one attached hydrogen (secondary N) is 1. The largest absolute Gasteiger partial charge is 0.466 e. The van der Waals surface area contributed by atoms with Crippen LogP contribution in [0.15, 0.2) is 0 Å². The van der Waals surface area contributed by atoms with Crippen LogP contribution in [0.5, 0.6) is 0 Å². The smallest absolute Gasteiger partial charge is 0.308 e. The Balaban J connectivity index is 1.61. The van der Waals surface area contributed by atoms with E-state index in [2.05, 4.69) is 25.7 Å². The second-order valence-corrected chi connectivity index (χ2v) is 7.61. The lowest BCUT2D eigenvalue weighted by Crippen LogP contribution is -2.52. The van der Waals surface area contributed by atoms with E-state index in [1.54, 1.807) is 11.6 Å². The van der Waals surface area contributed by atoms with Crippen molar-refractivity contribution in [3.05, 3.63) is 5.82 Å². The first-order valence-electron chi connectivity index (χ1n) is 10.0. The molecule has 2 aliphatic rings. The number of hydrogen-bond donors (Lipinski definition) is 1. The highest BCUT2D eigenvalue weighted by Crippen LogP contribution is 2.31. The van der Waals surface area contributed by atoms with Gasteiger partial charge in [0.05, 0.1) is 25.1 Å². The molecule has 1 amide bonds. The minimum Gasteiger partial charge on any atom is -0.466 e. The molecule has 0 atom stereocenters. The summed E-state index contributed by atoms with van der Waals surface area (Å²) in [6.45, 7) is 4.97. The standard InChI is InChI=1S/C18H30N6O3/c1-2-27-17(26)12-18(8-4-3-5-9-18)19-16(25)14-24-15(20-21-22-24)13-23-10-6-7-11-23/h2-14H2,1H3,(H,19,25). The summed E-state index contributed by atoms with van der Waals surface area (Å²) < 4.78 is 6.68. The van der Waals surface area contributed by atoms with Crippen LogP contribution in [0.1, 0.15) is 64.1 Å². The van der Waals surface area contributed by atoms with Crippen LogP contribution in [-0.2, 0) is 27.4 Å². The molecule has 0 bridgehead atoms. The Morgan fingerprint density at radius 1 is 1.15 bits per heavy atom. The average molecular weight is 378 g/mol. The average Bonchev–Trinajstić information content (AvgIpc) is 3.28. The molecule has 1 N–H and O–H groups in total. The summed E-state index contributed by atoms with van der Waals surface area (Å²) in [5, 5.41) is 14.9. The molecule has 9 nitrogen and oxygen atoms in total. The summed E-state index contributed by atoms with van der Waals surface area (Å²) in [5.41, 5.74) is -0.509. The highest BCUT2D eigenvalue weighted by molar-refractivity contribution is 5.78. The van der Waals surface area contributed by atoms with E-state index in [0.717, 1.165) is 45.2 Å². The maximum Gasteiger partial charge on any atom is 0.308 e. The number of amides is 1. The quantitative estimate of drug-likeness (QED) is 0.674. The molecule has 0 spiro atoms. The van der Waals surface area contributed by atoms with Crippen molar-refractivity contribution >= 4 is 11.9 Å². The number of nitrogens with zero attached hydrogens (tertiary/aromatic N) is 5. The Labute approximate surface area is 159 Å². The maximum absolute atomic E-state index is 12.7. The van der Waals surface area contributed by atoms with Gasteiger partial charge in [0.25, 0.3) is 0 Å². The number of tetrazole rings is 1. The van der Waals surface area contributed by atoms with E-state index in [1.165, 1.54) is 12.8 Å². The zero-order chi connectivity index (χ0) is 19.1. The maximum atomic E-state index is 12.7. The molecule has 27 heavy (non-hydrogen) atoms. The van der Waals surface area contributed by atoms with Gasteiger partial charge in [-0.25, -0.2) is 4.68 Å². The molecule has 2 heterocycles. The van der Waals surface area contributed by atoms with Crippen molar-refractivity contribution in [1.29, 1.82) is 0 Å². The van der Waals surface area contributed by atoms with Gasteiger partial charge in [-0.15, -0.1) is 5.10 Å². The Morgan fingerprint density at radius 2 is 1.89 bits per heavy atom. The minimum absolute atomic E-state index is 0.0702. The SMILES string of the molecule is CCOC(=O)CC1(NC(=O)Cn2nnnc2CN2CCCC2)CCCCC1.